The number of benzene rings is 1. The van der Waals surface area contributed by atoms with Crippen LogP contribution in [0.2, 0.25) is 0 Å². The third-order valence-corrected chi connectivity index (χ3v) is 5.71. The van der Waals surface area contributed by atoms with Gasteiger partial charge in [-0.1, -0.05) is 28.9 Å². The number of fused-ring (bicyclic) bond motifs is 1. The van der Waals surface area contributed by atoms with Crippen LogP contribution < -0.4 is 10.1 Å². The van der Waals surface area contributed by atoms with E-state index < -0.39 is 0 Å². The van der Waals surface area contributed by atoms with Crippen LogP contribution >= 0.6 is 27.3 Å². The lowest BCUT2D eigenvalue weighted by molar-refractivity contribution is -0.118. The predicted molar refractivity (Wildman–Crippen MR) is 98.5 cm³/mol. The van der Waals surface area contributed by atoms with E-state index >= 15 is 0 Å². The maximum Gasteiger partial charge on any atom is 0.262 e. The summed E-state index contributed by atoms with van der Waals surface area (Å²) in [6, 6.07) is 9.59. The molecule has 1 aromatic carbocycles. The van der Waals surface area contributed by atoms with Gasteiger partial charge in [-0.25, -0.2) is 0 Å². The second-order valence-corrected chi connectivity index (χ2v) is 7.98. The fourth-order valence-corrected chi connectivity index (χ4v) is 4.58. The zero-order chi connectivity index (χ0) is 17.1. The molecule has 2 aromatic rings. The molecule has 3 rings (SSSR count). The Labute approximate surface area is 153 Å². The molecule has 1 heterocycles. The molecule has 0 fully saturated rings. The minimum absolute atomic E-state index is 0.0830. The van der Waals surface area contributed by atoms with Crippen molar-refractivity contribution < 1.29 is 9.53 Å². The predicted octanol–water partition coefficient (Wildman–Crippen LogP) is 4.52. The summed E-state index contributed by atoms with van der Waals surface area (Å²) in [5.74, 6) is 1.00. The molecule has 0 radical (unpaired) electrons. The molecule has 1 unspecified atom stereocenters. The van der Waals surface area contributed by atoms with Crippen LogP contribution in [0.25, 0.3) is 0 Å². The van der Waals surface area contributed by atoms with E-state index in [4.69, 9.17) is 4.74 Å². The zero-order valence-electron chi connectivity index (χ0n) is 13.3. The SMILES string of the molecule is CC1CCc2c(sc(NC(=O)COc3cccc(Br)c3)c2C#N)C1. The van der Waals surface area contributed by atoms with Crippen LogP contribution in [0.5, 0.6) is 5.75 Å². The smallest absolute Gasteiger partial charge is 0.262 e. The standard InChI is InChI=1S/C18H17BrN2O2S/c1-11-5-6-14-15(9-20)18(24-16(14)7-11)21-17(22)10-23-13-4-2-3-12(19)8-13/h2-4,8,11H,5-7,10H2,1H3,(H,21,22). The Morgan fingerprint density at radius 3 is 3.12 bits per heavy atom. The van der Waals surface area contributed by atoms with Gasteiger partial charge in [0.05, 0.1) is 5.56 Å². The summed E-state index contributed by atoms with van der Waals surface area (Å²) in [5, 5.41) is 12.9. The average molecular weight is 405 g/mol. The van der Waals surface area contributed by atoms with Gasteiger partial charge in [0.2, 0.25) is 0 Å². The van der Waals surface area contributed by atoms with E-state index in [0.717, 1.165) is 29.3 Å². The Morgan fingerprint density at radius 1 is 1.54 bits per heavy atom. The van der Waals surface area contributed by atoms with Crippen molar-refractivity contribution >= 4 is 38.2 Å². The molecule has 1 aliphatic carbocycles. The lowest BCUT2D eigenvalue weighted by Gasteiger charge is -2.17. The Morgan fingerprint density at radius 2 is 2.38 bits per heavy atom. The summed E-state index contributed by atoms with van der Waals surface area (Å²) in [5.41, 5.74) is 1.74. The Kier molecular flexibility index (Phi) is 5.22. The van der Waals surface area contributed by atoms with E-state index in [2.05, 4.69) is 34.2 Å². The van der Waals surface area contributed by atoms with Gasteiger partial charge in [0.25, 0.3) is 5.91 Å². The number of thiophene rings is 1. The summed E-state index contributed by atoms with van der Waals surface area (Å²) in [6.45, 7) is 2.14. The number of ether oxygens (including phenoxy) is 1. The Hall–Kier alpha value is -1.84. The van der Waals surface area contributed by atoms with Crippen LogP contribution in [0.3, 0.4) is 0 Å². The minimum Gasteiger partial charge on any atom is -0.484 e. The quantitative estimate of drug-likeness (QED) is 0.814. The Bertz CT molecular complexity index is 810. The fraction of sp³-hybridized carbons (Fsp3) is 0.333. The summed E-state index contributed by atoms with van der Waals surface area (Å²) in [4.78, 5) is 13.4. The normalized spacial score (nSPS) is 16.1. The highest BCUT2D eigenvalue weighted by atomic mass is 79.9. The van der Waals surface area contributed by atoms with Crippen LogP contribution in [0.1, 0.15) is 29.3 Å². The number of nitrogens with one attached hydrogen (secondary N) is 1. The van der Waals surface area contributed by atoms with Crippen molar-refractivity contribution in [3.05, 3.63) is 44.7 Å². The van der Waals surface area contributed by atoms with Gasteiger partial charge in [-0.3, -0.25) is 4.79 Å². The fourth-order valence-electron chi connectivity index (χ4n) is 2.83. The van der Waals surface area contributed by atoms with Crippen molar-refractivity contribution in [3.8, 4) is 11.8 Å². The number of carbonyl (C=O) groups excluding carboxylic acids is 1. The molecule has 0 saturated heterocycles. The number of carbonyl (C=O) groups is 1. The first kappa shape index (κ1) is 17.0. The van der Waals surface area contributed by atoms with Gasteiger partial charge in [-0.2, -0.15) is 5.26 Å². The van der Waals surface area contributed by atoms with Crippen molar-refractivity contribution in [3.63, 3.8) is 0 Å². The van der Waals surface area contributed by atoms with Gasteiger partial charge in [0, 0.05) is 9.35 Å². The van der Waals surface area contributed by atoms with Crippen molar-refractivity contribution in [2.75, 3.05) is 11.9 Å². The zero-order valence-corrected chi connectivity index (χ0v) is 15.7. The topological polar surface area (TPSA) is 62.1 Å². The maximum atomic E-state index is 12.2. The van der Waals surface area contributed by atoms with Crippen LogP contribution in [0.15, 0.2) is 28.7 Å². The van der Waals surface area contributed by atoms with Gasteiger partial charge >= 0.3 is 0 Å². The second-order valence-electron chi connectivity index (χ2n) is 5.96. The third-order valence-electron chi connectivity index (χ3n) is 4.04. The highest BCUT2D eigenvalue weighted by molar-refractivity contribution is 9.10. The number of rotatable bonds is 4. The number of amides is 1. The molecule has 0 aliphatic heterocycles. The highest BCUT2D eigenvalue weighted by Crippen LogP contribution is 2.39. The number of nitrogens with zero attached hydrogens (tertiary/aromatic N) is 1. The first-order valence-corrected chi connectivity index (χ1v) is 9.40. The second kappa shape index (κ2) is 7.37. The van der Waals surface area contributed by atoms with Crippen molar-refractivity contribution in [2.45, 2.75) is 26.2 Å². The molecule has 0 bridgehead atoms. The van der Waals surface area contributed by atoms with E-state index in [1.54, 1.807) is 12.1 Å². The van der Waals surface area contributed by atoms with Gasteiger partial charge in [0.15, 0.2) is 6.61 Å². The lowest BCUT2D eigenvalue weighted by Crippen LogP contribution is -2.20. The molecule has 1 amide bonds. The van der Waals surface area contributed by atoms with E-state index in [1.807, 2.05) is 12.1 Å². The van der Waals surface area contributed by atoms with Crippen LogP contribution in [-0.4, -0.2) is 12.5 Å². The molecule has 1 N–H and O–H groups in total. The molecule has 1 aromatic heterocycles. The molecular weight excluding hydrogens is 388 g/mol. The Balaban J connectivity index is 1.67. The monoisotopic (exact) mass is 404 g/mol. The van der Waals surface area contributed by atoms with Gasteiger partial charge in [-0.15, -0.1) is 11.3 Å². The lowest BCUT2D eigenvalue weighted by atomic mass is 9.89. The third kappa shape index (κ3) is 3.80. The van der Waals surface area contributed by atoms with Gasteiger partial charge in [-0.05, 0) is 48.9 Å². The minimum atomic E-state index is -0.252. The average Bonchev–Trinajstić information content (AvgIpc) is 2.89. The first-order valence-electron chi connectivity index (χ1n) is 7.79. The number of hydrogen-bond donors (Lipinski definition) is 1. The van der Waals surface area contributed by atoms with Crippen molar-refractivity contribution in [1.82, 2.24) is 0 Å². The molecule has 24 heavy (non-hydrogen) atoms. The summed E-state index contributed by atoms with van der Waals surface area (Å²) >= 11 is 4.89. The molecular formula is C18H17BrN2O2S. The molecule has 0 saturated carbocycles. The van der Waals surface area contributed by atoms with E-state index in [-0.39, 0.29) is 12.5 Å². The largest absolute Gasteiger partial charge is 0.484 e. The van der Waals surface area contributed by atoms with Gasteiger partial charge in [0.1, 0.15) is 16.8 Å². The molecule has 4 nitrogen and oxygen atoms in total. The van der Waals surface area contributed by atoms with Crippen LogP contribution in [0, 0.1) is 17.2 Å². The molecule has 0 spiro atoms. The molecule has 1 aliphatic rings. The van der Waals surface area contributed by atoms with Crippen LogP contribution in [-0.2, 0) is 17.6 Å². The van der Waals surface area contributed by atoms with E-state index in [0.29, 0.717) is 22.2 Å². The number of halogens is 1. The molecule has 1 atom stereocenters. The number of nitriles is 1. The van der Waals surface area contributed by atoms with Crippen molar-refractivity contribution in [2.24, 2.45) is 5.92 Å². The van der Waals surface area contributed by atoms with Crippen LogP contribution in [0.4, 0.5) is 5.00 Å². The number of hydrogen-bond acceptors (Lipinski definition) is 4. The summed E-state index contributed by atoms with van der Waals surface area (Å²) in [6.07, 6.45) is 3.00. The molecule has 6 heteroatoms. The summed E-state index contributed by atoms with van der Waals surface area (Å²) in [7, 11) is 0. The molecule has 124 valence electrons. The first-order chi connectivity index (χ1) is 11.6. The van der Waals surface area contributed by atoms with E-state index in [1.165, 1.54) is 16.2 Å². The van der Waals surface area contributed by atoms with E-state index in [9.17, 15) is 10.1 Å². The summed E-state index contributed by atoms with van der Waals surface area (Å²) < 4.78 is 6.39. The van der Waals surface area contributed by atoms with Gasteiger partial charge < -0.3 is 10.1 Å². The van der Waals surface area contributed by atoms with Crippen molar-refractivity contribution in [1.29, 1.82) is 5.26 Å². The maximum absolute atomic E-state index is 12.2. The number of anilines is 1. The highest BCUT2D eigenvalue weighted by Gasteiger charge is 2.24.